The van der Waals surface area contributed by atoms with Crippen LogP contribution in [0.4, 0.5) is 4.39 Å². The summed E-state index contributed by atoms with van der Waals surface area (Å²) < 4.78 is 12.3. The summed E-state index contributed by atoms with van der Waals surface area (Å²) in [4.78, 5) is 0. The zero-order valence-corrected chi connectivity index (χ0v) is 5.81. The Morgan fingerprint density at radius 2 is 2.40 bits per heavy atom. The Morgan fingerprint density at radius 1 is 1.70 bits per heavy atom. The van der Waals surface area contributed by atoms with Gasteiger partial charge in [-0.25, -0.2) is 4.39 Å². The third kappa shape index (κ3) is 5.29. The average molecular weight is 142 g/mol. The highest BCUT2D eigenvalue weighted by Crippen LogP contribution is 2.00. The van der Waals surface area contributed by atoms with Gasteiger partial charge in [0.15, 0.2) is 0 Å². The van der Waals surface area contributed by atoms with E-state index in [9.17, 15) is 4.39 Å². The van der Waals surface area contributed by atoms with Gasteiger partial charge in [-0.05, 0) is 18.9 Å². The van der Waals surface area contributed by atoms with E-state index in [1.807, 2.05) is 0 Å². The van der Waals surface area contributed by atoms with E-state index in [4.69, 9.17) is 5.11 Å². The predicted molar refractivity (Wildman–Crippen MR) is 39.2 cm³/mol. The second-order valence-corrected chi connectivity index (χ2v) is 1.80. The highest BCUT2D eigenvalue weighted by molar-refractivity contribution is 5.08. The number of hydrogen-bond acceptors (Lipinski definition) is 1. The summed E-state index contributed by atoms with van der Waals surface area (Å²) in [6.07, 6.45) is 3.71. The van der Waals surface area contributed by atoms with Crippen molar-refractivity contribution < 1.29 is 9.50 Å². The predicted octanol–water partition coefficient (Wildman–Crippen LogP) is 1.95. The molecule has 1 nitrogen and oxygen atoms in total. The molecule has 0 aromatic rings. The van der Waals surface area contributed by atoms with Crippen LogP contribution in [0.15, 0.2) is 30.3 Å². The molecule has 0 rings (SSSR count). The number of aliphatic hydroxyl groups excluding tert-OH is 1. The van der Waals surface area contributed by atoms with Crippen molar-refractivity contribution in [3.05, 3.63) is 30.3 Å². The highest BCUT2D eigenvalue weighted by Gasteiger charge is 1.85. The summed E-state index contributed by atoms with van der Waals surface area (Å²) in [6, 6.07) is 0. The molecule has 2 heteroatoms. The van der Waals surface area contributed by atoms with Crippen molar-refractivity contribution in [2.45, 2.75) is 12.8 Å². The van der Waals surface area contributed by atoms with Gasteiger partial charge in [0.2, 0.25) is 0 Å². The number of rotatable bonds is 4. The standard InChI is InChI=1S/C8H11FO/c1-2-5-8(9)6-3-4-7-10/h5-6,10H,1,3-4,7H2. The Morgan fingerprint density at radius 3 is 2.90 bits per heavy atom. The molecule has 0 radical (unpaired) electrons. The van der Waals surface area contributed by atoms with Crippen LogP contribution in [-0.2, 0) is 0 Å². The molecule has 0 heterocycles. The van der Waals surface area contributed by atoms with Gasteiger partial charge in [0, 0.05) is 12.7 Å². The number of allylic oxidation sites excluding steroid dienone is 3. The summed E-state index contributed by atoms with van der Waals surface area (Å²) >= 11 is 0. The van der Waals surface area contributed by atoms with E-state index in [-0.39, 0.29) is 12.4 Å². The van der Waals surface area contributed by atoms with Crippen LogP contribution >= 0.6 is 0 Å². The lowest BCUT2D eigenvalue weighted by atomic mass is 10.3. The largest absolute Gasteiger partial charge is 0.396 e. The molecule has 10 heavy (non-hydrogen) atoms. The molecule has 1 N–H and O–H groups in total. The fraction of sp³-hybridized carbons (Fsp3) is 0.375. The van der Waals surface area contributed by atoms with Crippen LogP contribution < -0.4 is 0 Å². The van der Waals surface area contributed by atoms with Crippen LogP contribution in [0.3, 0.4) is 0 Å². The lowest BCUT2D eigenvalue weighted by molar-refractivity contribution is 0.289. The summed E-state index contributed by atoms with van der Waals surface area (Å²) in [7, 11) is 0. The normalized spacial score (nSPS) is 10.8. The van der Waals surface area contributed by atoms with Crippen molar-refractivity contribution in [2.24, 2.45) is 0 Å². The van der Waals surface area contributed by atoms with Crippen LogP contribution in [-0.4, -0.2) is 11.7 Å². The molecule has 0 unspecified atom stereocenters. The van der Waals surface area contributed by atoms with Crippen LogP contribution in [0, 0.1) is 0 Å². The summed E-state index contributed by atoms with van der Waals surface area (Å²) in [5, 5.41) is 8.32. The monoisotopic (exact) mass is 142 g/mol. The summed E-state index contributed by atoms with van der Waals surface area (Å²) in [5.41, 5.74) is 2.31. The Balaban J connectivity index is 3.57. The van der Waals surface area contributed by atoms with Gasteiger partial charge in [-0.2, -0.15) is 0 Å². The Labute approximate surface area is 60.2 Å². The molecule has 0 aromatic heterocycles. The van der Waals surface area contributed by atoms with Gasteiger partial charge >= 0.3 is 0 Å². The average Bonchev–Trinajstić information content (AvgIpc) is 1.89. The van der Waals surface area contributed by atoms with E-state index in [2.05, 4.69) is 12.3 Å². The van der Waals surface area contributed by atoms with Gasteiger partial charge < -0.3 is 5.11 Å². The van der Waals surface area contributed by atoms with Gasteiger partial charge in [0.25, 0.3) is 0 Å². The number of halogens is 1. The summed E-state index contributed by atoms with van der Waals surface area (Å²) in [5.74, 6) is -0.344. The smallest absolute Gasteiger partial charge is 0.126 e. The molecule has 0 aromatic carbocycles. The molecule has 0 atom stereocenters. The van der Waals surface area contributed by atoms with Gasteiger partial charge in [-0.1, -0.05) is 6.58 Å². The highest BCUT2D eigenvalue weighted by atomic mass is 19.1. The molecule has 0 saturated heterocycles. The molecule has 0 aliphatic rings. The maximum absolute atomic E-state index is 12.3. The first-order valence-corrected chi connectivity index (χ1v) is 3.13. The fourth-order valence-electron chi connectivity index (χ4n) is 0.488. The number of hydrogen-bond donors (Lipinski definition) is 1. The Kier molecular flexibility index (Phi) is 5.74. The van der Waals surface area contributed by atoms with Gasteiger partial charge in [0.05, 0.1) is 0 Å². The quantitative estimate of drug-likeness (QED) is 0.361. The van der Waals surface area contributed by atoms with E-state index < -0.39 is 0 Å². The van der Waals surface area contributed by atoms with E-state index >= 15 is 0 Å². The summed E-state index contributed by atoms with van der Waals surface area (Å²) in [6.45, 7) is 3.32. The minimum absolute atomic E-state index is 0.0988. The zero-order valence-electron chi connectivity index (χ0n) is 5.81. The van der Waals surface area contributed by atoms with Crippen molar-refractivity contribution in [1.29, 1.82) is 0 Å². The first-order chi connectivity index (χ1) is 4.81. The van der Waals surface area contributed by atoms with Crippen LogP contribution in [0.1, 0.15) is 12.8 Å². The molecule has 0 fully saturated rings. The third-order valence-electron chi connectivity index (χ3n) is 0.942. The van der Waals surface area contributed by atoms with E-state index in [1.54, 1.807) is 0 Å². The molecule has 0 spiro atoms. The zero-order chi connectivity index (χ0) is 7.82. The topological polar surface area (TPSA) is 20.2 Å². The molecule has 0 amide bonds. The maximum atomic E-state index is 12.3. The minimum Gasteiger partial charge on any atom is -0.396 e. The third-order valence-corrected chi connectivity index (χ3v) is 0.942. The second-order valence-electron chi connectivity index (χ2n) is 1.80. The maximum Gasteiger partial charge on any atom is 0.126 e. The molecular weight excluding hydrogens is 131 g/mol. The van der Waals surface area contributed by atoms with E-state index in [0.29, 0.717) is 12.8 Å². The van der Waals surface area contributed by atoms with Crippen LogP contribution in [0.2, 0.25) is 0 Å². The number of unbranched alkanes of at least 4 members (excludes halogenated alkanes) is 1. The van der Waals surface area contributed by atoms with Gasteiger partial charge in [0.1, 0.15) is 5.83 Å². The molecule has 0 aliphatic heterocycles. The van der Waals surface area contributed by atoms with Crippen LogP contribution in [0.5, 0.6) is 0 Å². The second kappa shape index (κ2) is 6.27. The van der Waals surface area contributed by atoms with Gasteiger partial charge in [-0.3, -0.25) is 0 Å². The number of aliphatic hydroxyl groups is 1. The first-order valence-electron chi connectivity index (χ1n) is 3.13. The van der Waals surface area contributed by atoms with Gasteiger partial charge in [-0.15, -0.1) is 5.73 Å². The molecule has 0 bridgehead atoms. The lowest BCUT2D eigenvalue weighted by Gasteiger charge is -1.87. The SMILES string of the molecule is C=C=CC(F)=CCCCO. The van der Waals surface area contributed by atoms with Crippen molar-refractivity contribution in [2.75, 3.05) is 6.61 Å². The molecule has 0 aliphatic carbocycles. The molecular formula is C8H11FO. The first kappa shape index (κ1) is 9.15. The van der Waals surface area contributed by atoms with E-state index in [0.717, 1.165) is 6.08 Å². The lowest BCUT2D eigenvalue weighted by Crippen LogP contribution is -1.78. The Hall–Kier alpha value is -0.850. The Bertz CT molecular complexity index is 155. The van der Waals surface area contributed by atoms with E-state index in [1.165, 1.54) is 6.08 Å². The van der Waals surface area contributed by atoms with Crippen molar-refractivity contribution in [3.63, 3.8) is 0 Å². The molecule has 0 saturated carbocycles. The molecule has 56 valence electrons. The minimum atomic E-state index is -0.344. The fourth-order valence-corrected chi connectivity index (χ4v) is 0.488. The van der Waals surface area contributed by atoms with Crippen molar-refractivity contribution in [1.82, 2.24) is 0 Å². The van der Waals surface area contributed by atoms with Crippen molar-refractivity contribution in [3.8, 4) is 0 Å². The van der Waals surface area contributed by atoms with Crippen molar-refractivity contribution >= 4 is 0 Å². The van der Waals surface area contributed by atoms with Crippen LogP contribution in [0.25, 0.3) is 0 Å².